The molecule has 1 saturated heterocycles. The monoisotopic (exact) mass is 413 g/mol. The molecule has 2 aromatic rings. The Morgan fingerprint density at radius 3 is 2.69 bits per heavy atom. The van der Waals surface area contributed by atoms with Crippen LogP contribution in [0.4, 0.5) is 5.82 Å². The highest BCUT2D eigenvalue weighted by atomic mass is 79.9. The number of anilines is 1. The van der Waals surface area contributed by atoms with Gasteiger partial charge in [0.1, 0.15) is 5.82 Å². The van der Waals surface area contributed by atoms with Crippen LogP contribution in [0, 0.1) is 5.92 Å². The molecule has 4 rings (SSSR count). The van der Waals surface area contributed by atoms with Crippen LogP contribution in [0.3, 0.4) is 0 Å². The van der Waals surface area contributed by atoms with Gasteiger partial charge in [0, 0.05) is 41.8 Å². The van der Waals surface area contributed by atoms with Crippen LogP contribution in [-0.2, 0) is 11.3 Å². The summed E-state index contributed by atoms with van der Waals surface area (Å²) in [4.78, 5) is 19.5. The zero-order valence-electron chi connectivity index (χ0n) is 14.8. The molecule has 1 saturated carbocycles. The van der Waals surface area contributed by atoms with Gasteiger partial charge in [-0.3, -0.25) is 4.79 Å². The second kappa shape index (κ2) is 7.78. The van der Waals surface area contributed by atoms with Crippen molar-refractivity contribution in [3.05, 3.63) is 58.2 Å². The second-order valence-electron chi connectivity index (χ2n) is 7.25. The molecule has 1 aliphatic carbocycles. The summed E-state index contributed by atoms with van der Waals surface area (Å²) < 4.78 is 1.07. The average molecular weight is 414 g/mol. The molecular formula is C21H24BrN3O. The van der Waals surface area contributed by atoms with Crippen molar-refractivity contribution in [3.8, 4) is 0 Å². The molecule has 0 spiro atoms. The van der Waals surface area contributed by atoms with Gasteiger partial charge in [-0.05, 0) is 55.4 Å². The van der Waals surface area contributed by atoms with Crippen molar-refractivity contribution < 1.29 is 4.79 Å². The first kappa shape index (κ1) is 17.5. The lowest BCUT2D eigenvalue weighted by molar-refractivity contribution is -0.122. The highest BCUT2D eigenvalue weighted by Crippen LogP contribution is 2.47. The summed E-state index contributed by atoms with van der Waals surface area (Å²) in [7, 11) is 0. The fraction of sp³-hybridized carbons (Fsp3) is 0.429. The Hall–Kier alpha value is -1.88. The van der Waals surface area contributed by atoms with E-state index in [4.69, 9.17) is 0 Å². The Morgan fingerprint density at radius 1 is 1.15 bits per heavy atom. The third-order valence-corrected chi connectivity index (χ3v) is 5.93. The van der Waals surface area contributed by atoms with Gasteiger partial charge in [-0.15, -0.1) is 0 Å². The maximum absolute atomic E-state index is 12.6. The maximum atomic E-state index is 12.6. The predicted molar refractivity (Wildman–Crippen MR) is 107 cm³/mol. The van der Waals surface area contributed by atoms with Gasteiger partial charge in [0.25, 0.3) is 0 Å². The average Bonchev–Trinajstić information content (AvgIpc) is 3.48. The lowest BCUT2D eigenvalue weighted by atomic mass is 10.1. The van der Waals surface area contributed by atoms with Gasteiger partial charge >= 0.3 is 0 Å². The zero-order valence-corrected chi connectivity index (χ0v) is 16.4. The molecule has 2 fully saturated rings. The van der Waals surface area contributed by atoms with Gasteiger partial charge in [-0.1, -0.05) is 34.1 Å². The molecule has 1 aliphatic heterocycles. The van der Waals surface area contributed by atoms with Crippen molar-refractivity contribution in [1.82, 2.24) is 10.3 Å². The lowest BCUT2D eigenvalue weighted by Crippen LogP contribution is -2.32. The molecule has 1 amide bonds. The normalized spacial score (nSPS) is 22.1. The van der Waals surface area contributed by atoms with E-state index in [2.05, 4.69) is 49.3 Å². The number of amides is 1. The first-order chi connectivity index (χ1) is 12.7. The number of nitrogens with zero attached hydrogens (tertiary/aromatic N) is 2. The molecule has 2 unspecified atom stereocenters. The summed E-state index contributed by atoms with van der Waals surface area (Å²) in [5, 5.41) is 3.14. The number of piperidine rings is 1. The van der Waals surface area contributed by atoms with Crippen molar-refractivity contribution in [3.63, 3.8) is 0 Å². The van der Waals surface area contributed by atoms with Gasteiger partial charge in [-0.2, -0.15) is 0 Å². The SMILES string of the molecule is O=C(NCc1cccnc1N1CCCCC1)C1CC1c1ccc(Br)cc1. The van der Waals surface area contributed by atoms with Gasteiger partial charge in [0.05, 0.1) is 0 Å². The minimum absolute atomic E-state index is 0.103. The zero-order chi connectivity index (χ0) is 17.9. The van der Waals surface area contributed by atoms with Crippen LogP contribution in [0.5, 0.6) is 0 Å². The fourth-order valence-electron chi connectivity index (χ4n) is 3.84. The standard InChI is InChI=1S/C21H24BrN3O/c22-17-8-6-15(7-9-17)18-13-19(18)21(26)24-14-16-5-4-10-23-20(16)25-11-2-1-3-12-25/h4-10,18-19H,1-3,11-14H2,(H,24,26). The van der Waals surface area contributed by atoms with E-state index in [0.29, 0.717) is 12.5 Å². The van der Waals surface area contributed by atoms with E-state index in [0.717, 1.165) is 35.4 Å². The number of pyridine rings is 1. The van der Waals surface area contributed by atoms with E-state index < -0.39 is 0 Å². The number of nitrogens with one attached hydrogen (secondary N) is 1. The lowest BCUT2D eigenvalue weighted by Gasteiger charge is -2.29. The fourth-order valence-corrected chi connectivity index (χ4v) is 4.10. The molecular weight excluding hydrogens is 390 g/mol. The van der Waals surface area contributed by atoms with Crippen LogP contribution in [0.2, 0.25) is 0 Å². The smallest absolute Gasteiger partial charge is 0.224 e. The second-order valence-corrected chi connectivity index (χ2v) is 8.17. The Morgan fingerprint density at radius 2 is 1.92 bits per heavy atom. The van der Waals surface area contributed by atoms with E-state index in [-0.39, 0.29) is 11.8 Å². The molecule has 2 aliphatic rings. The molecule has 0 radical (unpaired) electrons. The van der Waals surface area contributed by atoms with E-state index in [1.807, 2.05) is 24.4 Å². The van der Waals surface area contributed by atoms with Crippen LogP contribution >= 0.6 is 15.9 Å². The molecule has 4 nitrogen and oxygen atoms in total. The van der Waals surface area contributed by atoms with E-state index >= 15 is 0 Å². The molecule has 26 heavy (non-hydrogen) atoms. The Balaban J connectivity index is 1.36. The summed E-state index contributed by atoms with van der Waals surface area (Å²) in [6.07, 6.45) is 6.53. The summed E-state index contributed by atoms with van der Waals surface area (Å²) in [5.74, 6) is 1.66. The van der Waals surface area contributed by atoms with Gasteiger partial charge < -0.3 is 10.2 Å². The van der Waals surface area contributed by atoms with Crippen molar-refractivity contribution >= 4 is 27.7 Å². The first-order valence-electron chi connectivity index (χ1n) is 9.44. The molecule has 2 atom stereocenters. The predicted octanol–water partition coefficient (Wildman–Crippen LogP) is 4.25. The summed E-state index contributed by atoms with van der Waals surface area (Å²) in [5.41, 5.74) is 2.37. The molecule has 1 N–H and O–H groups in total. The van der Waals surface area contributed by atoms with Crippen molar-refractivity contribution in [2.24, 2.45) is 5.92 Å². The first-order valence-corrected chi connectivity index (χ1v) is 10.2. The Labute approximate surface area is 163 Å². The van der Waals surface area contributed by atoms with Crippen LogP contribution in [0.1, 0.15) is 42.7 Å². The number of hydrogen-bond acceptors (Lipinski definition) is 3. The van der Waals surface area contributed by atoms with Crippen LogP contribution < -0.4 is 10.2 Å². The number of aromatic nitrogens is 1. The van der Waals surface area contributed by atoms with E-state index in [1.165, 1.54) is 24.8 Å². The van der Waals surface area contributed by atoms with Gasteiger partial charge in [0.15, 0.2) is 0 Å². The summed E-state index contributed by atoms with van der Waals surface area (Å²) in [6, 6.07) is 12.3. The third kappa shape index (κ3) is 3.93. The number of halogens is 1. The minimum atomic E-state index is 0.103. The van der Waals surface area contributed by atoms with Gasteiger partial charge in [0.2, 0.25) is 5.91 Å². The number of rotatable bonds is 5. The summed E-state index contributed by atoms with van der Waals surface area (Å²) >= 11 is 3.46. The number of benzene rings is 1. The molecule has 1 aromatic carbocycles. The van der Waals surface area contributed by atoms with E-state index in [1.54, 1.807) is 0 Å². The molecule has 1 aromatic heterocycles. The largest absolute Gasteiger partial charge is 0.356 e. The van der Waals surface area contributed by atoms with Crippen LogP contribution in [0.15, 0.2) is 47.1 Å². The van der Waals surface area contributed by atoms with Crippen molar-refractivity contribution in [2.75, 3.05) is 18.0 Å². The third-order valence-electron chi connectivity index (χ3n) is 5.40. The van der Waals surface area contributed by atoms with Crippen molar-refractivity contribution in [2.45, 2.75) is 38.1 Å². The highest BCUT2D eigenvalue weighted by molar-refractivity contribution is 9.10. The molecule has 5 heteroatoms. The number of hydrogen-bond donors (Lipinski definition) is 1. The minimum Gasteiger partial charge on any atom is -0.356 e. The number of carbonyl (C=O) groups excluding carboxylic acids is 1. The highest BCUT2D eigenvalue weighted by Gasteiger charge is 2.43. The Bertz CT molecular complexity index is 771. The molecule has 2 heterocycles. The van der Waals surface area contributed by atoms with E-state index in [9.17, 15) is 4.79 Å². The quantitative estimate of drug-likeness (QED) is 0.796. The molecule has 136 valence electrons. The van der Waals surface area contributed by atoms with Gasteiger partial charge in [-0.25, -0.2) is 4.98 Å². The topological polar surface area (TPSA) is 45.2 Å². The maximum Gasteiger partial charge on any atom is 0.224 e. The Kier molecular flexibility index (Phi) is 5.25. The van der Waals surface area contributed by atoms with Crippen molar-refractivity contribution in [1.29, 1.82) is 0 Å². The van der Waals surface area contributed by atoms with Crippen LogP contribution in [-0.4, -0.2) is 24.0 Å². The number of carbonyl (C=O) groups is 1. The van der Waals surface area contributed by atoms with Crippen LogP contribution in [0.25, 0.3) is 0 Å². The summed E-state index contributed by atoms with van der Waals surface area (Å²) in [6.45, 7) is 2.68. The molecule has 0 bridgehead atoms.